The summed E-state index contributed by atoms with van der Waals surface area (Å²) >= 11 is 0. The van der Waals surface area contributed by atoms with Crippen LogP contribution in [0.3, 0.4) is 0 Å². The monoisotopic (exact) mass is 238 g/mol. The number of fused-ring (bicyclic) bond motifs is 1. The van der Waals surface area contributed by atoms with Crippen LogP contribution in [0.2, 0.25) is 0 Å². The molecule has 0 aliphatic heterocycles. The second kappa shape index (κ2) is 4.03. The highest BCUT2D eigenvalue weighted by atomic mass is 16.1. The summed E-state index contributed by atoms with van der Waals surface area (Å²) in [6.45, 7) is 0. The third kappa shape index (κ3) is 1.57. The van der Waals surface area contributed by atoms with E-state index in [4.69, 9.17) is 0 Å². The summed E-state index contributed by atoms with van der Waals surface area (Å²) in [5.74, 6) is -0.0962. The van der Waals surface area contributed by atoms with Gasteiger partial charge in [0, 0.05) is 25.6 Å². The summed E-state index contributed by atoms with van der Waals surface area (Å²) in [5.41, 5.74) is 2.41. The van der Waals surface area contributed by atoms with E-state index in [9.17, 15) is 4.79 Å². The van der Waals surface area contributed by atoms with Crippen LogP contribution < -0.4 is 0 Å². The van der Waals surface area contributed by atoms with E-state index in [1.807, 2.05) is 6.07 Å². The zero-order valence-corrected chi connectivity index (χ0v) is 9.74. The van der Waals surface area contributed by atoms with Crippen LogP contribution in [0.15, 0.2) is 42.9 Å². The molecule has 0 unspecified atom stereocenters. The Bertz CT molecular complexity index is 727. The Morgan fingerprint density at radius 1 is 1.11 bits per heavy atom. The van der Waals surface area contributed by atoms with Gasteiger partial charge in [-0.15, -0.1) is 0 Å². The van der Waals surface area contributed by atoms with E-state index in [0.29, 0.717) is 22.3 Å². The molecule has 18 heavy (non-hydrogen) atoms. The molecule has 0 atom stereocenters. The molecular formula is C13H10N4O. The summed E-state index contributed by atoms with van der Waals surface area (Å²) in [5, 5.41) is 4.00. The second-order valence-electron chi connectivity index (χ2n) is 3.90. The minimum absolute atomic E-state index is 0.0962. The first-order chi connectivity index (χ1) is 8.77. The Hall–Kier alpha value is -2.56. The van der Waals surface area contributed by atoms with E-state index in [0.717, 1.165) is 0 Å². The molecule has 2 heterocycles. The van der Waals surface area contributed by atoms with Crippen LogP contribution in [0.5, 0.6) is 0 Å². The van der Waals surface area contributed by atoms with Crippen molar-refractivity contribution < 1.29 is 4.79 Å². The van der Waals surface area contributed by atoms with Crippen LogP contribution in [0.4, 0.5) is 0 Å². The maximum atomic E-state index is 12.4. The van der Waals surface area contributed by atoms with Crippen molar-refractivity contribution in [1.29, 1.82) is 0 Å². The zero-order valence-electron chi connectivity index (χ0n) is 9.74. The molecule has 88 valence electrons. The van der Waals surface area contributed by atoms with E-state index in [2.05, 4.69) is 15.1 Å². The van der Waals surface area contributed by atoms with Gasteiger partial charge >= 0.3 is 0 Å². The molecule has 0 saturated heterocycles. The third-order valence-corrected chi connectivity index (χ3v) is 2.80. The van der Waals surface area contributed by atoms with Gasteiger partial charge in [-0.3, -0.25) is 19.4 Å². The van der Waals surface area contributed by atoms with E-state index < -0.39 is 0 Å². The molecule has 0 saturated carbocycles. The minimum atomic E-state index is -0.0962. The van der Waals surface area contributed by atoms with Crippen LogP contribution in [0, 0.1) is 0 Å². The molecule has 0 radical (unpaired) electrons. The molecule has 0 N–H and O–H groups in total. The number of benzene rings is 1. The Kier molecular flexibility index (Phi) is 2.37. The van der Waals surface area contributed by atoms with Gasteiger partial charge in [-0.05, 0) is 18.2 Å². The van der Waals surface area contributed by atoms with Crippen molar-refractivity contribution in [3.63, 3.8) is 0 Å². The normalized spacial score (nSPS) is 10.7. The van der Waals surface area contributed by atoms with Crippen LogP contribution in [-0.2, 0) is 7.05 Å². The molecule has 0 aliphatic carbocycles. The lowest BCUT2D eigenvalue weighted by Crippen LogP contribution is -2.09. The van der Waals surface area contributed by atoms with Crippen molar-refractivity contribution in [2.24, 2.45) is 7.05 Å². The number of nitrogens with zero attached hydrogens (tertiary/aromatic N) is 4. The average Bonchev–Trinajstić information content (AvgIpc) is 2.83. The number of aryl methyl sites for hydroxylation is 1. The van der Waals surface area contributed by atoms with E-state index >= 15 is 0 Å². The summed E-state index contributed by atoms with van der Waals surface area (Å²) in [7, 11) is 1.74. The molecule has 0 spiro atoms. The predicted molar refractivity (Wildman–Crippen MR) is 66.2 cm³/mol. The van der Waals surface area contributed by atoms with E-state index in [1.165, 1.54) is 0 Å². The zero-order chi connectivity index (χ0) is 12.5. The molecule has 0 bridgehead atoms. The molecular weight excluding hydrogens is 228 g/mol. The Morgan fingerprint density at radius 2 is 1.94 bits per heavy atom. The lowest BCUT2D eigenvalue weighted by molar-refractivity contribution is 0.103. The molecule has 5 nitrogen and oxygen atoms in total. The van der Waals surface area contributed by atoms with Gasteiger partial charge in [0.1, 0.15) is 5.69 Å². The number of ketones is 1. The summed E-state index contributed by atoms with van der Waals surface area (Å²) in [6.07, 6.45) is 4.80. The van der Waals surface area contributed by atoms with Gasteiger partial charge < -0.3 is 0 Å². The van der Waals surface area contributed by atoms with Crippen molar-refractivity contribution in [1.82, 2.24) is 19.7 Å². The largest absolute Gasteiger partial charge is 0.287 e. The van der Waals surface area contributed by atoms with Crippen LogP contribution in [-0.4, -0.2) is 25.5 Å². The Labute approximate surface area is 103 Å². The number of carbonyl (C=O) groups excluding carboxylic acids is 1. The number of rotatable bonds is 2. The van der Waals surface area contributed by atoms with Gasteiger partial charge in [0.25, 0.3) is 0 Å². The molecule has 0 fully saturated rings. The lowest BCUT2D eigenvalue weighted by Gasteiger charge is -2.04. The average molecular weight is 238 g/mol. The quantitative estimate of drug-likeness (QED) is 0.636. The molecule has 3 aromatic rings. The first-order valence-corrected chi connectivity index (χ1v) is 5.50. The topological polar surface area (TPSA) is 60.7 Å². The summed E-state index contributed by atoms with van der Waals surface area (Å²) in [6, 6.07) is 7.09. The van der Waals surface area contributed by atoms with Crippen LogP contribution in [0.25, 0.3) is 11.0 Å². The summed E-state index contributed by atoms with van der Waals surface area (Å²) < 4.78 is 1.55. The van der Waals surface area contributed by atoms with Gasteiger partial charge in [-0.2, -0.15) is 5.10 Å². The molecule has 3 rings (SSSR count). The number of hydrogen-bond acceptors (Lipinski definition) is 4. The number of hydrogen-bond donors (Lipinski definition) is 0. The maximum absolute atomic E-state index is 12.4. The highest BCUT2D eigenvalue weighted by Crippen LogP contribution is 2.17. The highest BCUT2D eigenvalue weighted by molar-refractivity contribution is 6.14. The molecule has 0 aliphatic rings. The minimum Gasteiger partial charge on any atom is -0.287 e. The van der Waals surface area contributed by atoms with Crippen molar-refractivity contribution in [3.05, 3.63) is 54.1 Å². The standard InChI is InChI=1S/C13H10N4O/c1-17-11(5-6-16-17)13(18)9-3-2-4-10-12(9)15-8-7-14-10/h2-8H,1H3. The fraction of sp³-hybridized carbons (Fsp3) is 0.0769. The van der Waals surface area contributed by atoms with Gasteiger partial charge in [-0.25, -0.2) is 0 Å². The first kappa shape index (κ1) is 10.6. The first-order valence-electron chi connectivity index (χ1n) is 5.50. The van der Waals surface area contributed by atoms with Crippen LogP contribution in [0.1, 0.15) is 16.1 Å². The third-order valence-electron chi connectivity index (χ3n) is 2.80. The fourth-order valence-electron chi connectivity index (χ4n) is 1.91. The van der Waals surface area contributed by atoms with Gasteiger partial charge in [0.05, 0.1) is 16.6 Å². The van der Waals surface area contributed by atoms with Crippen molar-refractivity contribution in [2.75, 3.05) is 0 Å². The smallest absolute Gasteiger partial charge is 0.213 e. The Morgan fingerprint density at radius 3 is 2.72 bits per heavy atom. The molecule has 5 heteroatoms. The Balaban J connectivity index is 2.21. The highest BCUT2D eigenvalue weighted by Gasteiger charge is 2.16. The van der Waals surface area contributed by atoms with Crippen LogP contribution >= 0.6 is 0 Å². The summed E-state index contributed by atoms with van der Waals surface area (Å²) in [4.78, 5) is 20.8. The van der Waals surface area contributed by atoms with E-state index in [1.54, 1.807) is 48.5 Å². The van der Waals surface area contributed by atoms with Gasteiger partial charge in [-0.1, -0.05) is 6.07 Å². The predicted octanol–water partition coefficient (Wildman–Crippen LogP) is 1.59. The number of para-hydroxylation sites is 1. The fourth-order valence-corrected chi connectivity index (χ4v) is 1.91. The van der Waals surface area contributed by atoms with Gasteiger partial charge in [0.2, 0.25) is 5.78 Å². The number of aromatic nitrogens is 4. The molecule has 0 amide bonds. The second-order valence-corrected chi connectivity index (χ2v) is 3.90. The molecule has 1 aromatic carbocycles. The SMILES string of the molecule is Cn1nccc1C(=O)c1cccc2nccnc12. The number of carbonyl (C=O) groups is 1. The van der Waals surface area contributed by atoms with Crippen molar-refractivity contribution in [3.8, 4) is 0 Å². The van der Waals surface area contributed by atoms with Crippen molar-refractivity contribution in [2.45, 2.75) is 0 Å². The van der Waals surface area contributed by atoms with E-state index in [-0.39, 0.29) is 5.78 Å². The van der Waals surface area contributed by atoms with Gasteiger partial charge in [0.15, 0.2) is 0 Å². The maximum Gasteiger partial charge on any atom is 0.213 e. The molecule has 2 aromatic heterocycles. The van der Waals surface area contributed by atoms with Crippen molar-refractivity contribution >= 4 is 16.8 Å². The lowest BCUT2D eigenvalue weighted by atomic mass is 10.1.